The van der Waals surface area contributed by atoms with E-state index in [1.807, 2.05) is 48.0 Å². The summed E-state index contributed by atoms with van der Waals surface area (Å²) in [5.74, 6) is 0.545. The molecule has 0 radical (unpaired) electrons. The Labute approximate surface area is 193 Å². The highest BCUT2D eigenvalue weighted by molar-refractivity contribution is 7.22. The van der Waals surface area contributed by atoms with Crippen molar-refractivity contribution in [3.05, 3.63) is 47.0 Å². The molecule has 4 aromatic rings. The lowest BCUT2D eigenvalue weighted by Crippen LogP contribution is -2.37. The molecule has 1 aliphatic heterocycles. The maximum absolute atomic E-state index is 12.8. The number of imidazole rings is 1. The third-order valence-electron chi connectivity index (χ3n) is 5.74. The van der Waals surface area contributed by atoms with Gasteiger partial charge in [0.1, 0.15) is 0 Å². The lowest BCUT2D eigenvalue weighted by molar-refractivity contribution is 0.0937. The minimum absolute atomic E-state index is 0.0956. The van der Waals surface area contributed by atoms with Gasteiger partial charge < -0.3 is 20.3 Å². The third kappa shape index (κ3) is 4.16. The van der Waals surface area contributed by atoms with Gasteiger partial charge in [-0.1, -0.05) is 22.9 Å². The molecule has 1 amide bonds. The molecule has 2 aromatic carbocycles. The highest BCUT2D eigenvalue weighted by atomic mass is 35.5. The first kappa shape index (κ1) is 21.1. The van der Waals surface area contributed by atoms with Gasteiger partial charge in [-0.25, -0.2) is 9.97 Å². The molecule has 3 N–H and O–H groups in total. The number of carbonyl (C=O) groups is 1. The number of aromatic nitrogens is 3. The SMILES string of the molecule is Cn1c(Nc2nc3ccc(Cl)cc3s2)nc2cc(C(=O)N[C@@H]3CCN(CCO)C3)ccc21. The number of likely N-dealkylation sites (tertiary alicyclic amines) is 1. The fraction of sp³-hybridized carbons (Fsp3) is 0.318. The number of nitrogens with one attached hydrogen (secondary N) is 2. The van der Waals surface area contributed by atoms with Gasteiger partial charge in [0, 0.05) is 43.3 Å². The van der Waals surface area contributed by atoms with Crippen LogP contribution < -0.4 is 10.6 Å². The molecule has 1 atom stereocenters. The molecule has 0 bridgehead atoms. The number of aryl methyl sites for hydroxylation is 1. The van der Waals surface area contributed by atoms with Crippen LogP contribution in [0.15, 0.2) is 36.4 Å². The summed E-state index contributed by atoms with van der Waals surface area (Å²) in [6.45, 7) is 2.43. The number of benzene rings is 2. The molecule has 8 nitrogen and oxygen atoms in total. The van der Waals surface area contributed by atoms with E-state index in [0.29, 0.717) is 23.1 Å². The van der Waals surface area contributed by atoms with Gasteiger partial charge >= 0.3 is 0 Å². The largest absolute Gasteiger partial charge is 0.395 e. The van der Waals surface area contributed by atoms with E-state index in [1.54, 1.807) is 0 Å². The van der Waals surface area contributed by atoms with Gasteiger partial charge in [0.25, 0.3) is 5.91 Å². The van der Waals surface area contributed by atoms with Gasteiger partial charge in [-0.2, -0.15) is 0 Å². The maximum atomic E-state index is 12.8. The first-order valence-corrected chi connectivity index (χ1v) is 11.6. The average molecular weight is 471 g/mol. The number of β-amino-alcohol motifs (C(OH)–C–C–N with tert-alkyl or cyclic N) is 1. The van der Waals surface area contributed by atoms with E-state index in [9.17, 15) is 4.79 Å². The molecule has 0 spiro atoms. The molecule has 32 heavy (non-hydrogen) atoms. The predicted octanol–water partition coefficient (Wildman–Crippen LogP) is 3.38. The Kier molecular flexibility index (Phi) is 5.73. The Bertz CT molecular complexity index is 1300. The normalized spacial score (nSPS) is 16.8. The number of aliphatic hydroxyl groups excluding tert-OH is 1. The number of aliphatic hydroxyl groups is 1. The molecule has 1 saturated heterocycles. The number of anilines is 2. The number of amides is 1. The fourth-order valence-electron chi connectivity index (χ4n) is 4.06. The molecule has 10 heteroatoms. The minimum Gasteiger partial charge on any atom is -0.395 e. The molecule has 2 aromatic heterocycles. The summed E-state index contributed by atoms with van der Waals surface area (Å²) in [5, 5.41) is 16.9. The number of rotatable bonds is 6. The number of hydrogen-bond acceptors (Lipinski definition) is 7. The molecular formula is C22H23ClN6O2S. The lowest BCUT2D eigenvalue weighted by Gasteiger charge is -2.15. The van der Waals surface area contributed by atoms with E-state index in [1.165, 1.54) is 11.3 Å². The van der Waals surface area contributed by atoms with Crippen LogP contribution in [0, 0.1) is 0 Å². The Morgan fingerprint density at radius 3 is 2.97 bits per heavy atom. The van der Waals surface area contributed by atoms with Gasteiger partial charge in [0.15, 0.2) is 5.13 Å². The Balaban J connectivity index is 1.34. The number of halogens is 1. The van der Waals surface area contributed by atoms with E-state index in [4.69, 9.17) is 16.7 Å². The molecular weight excluding hydrogens is 448 g/mol. The summed E-state index contributed by atoms with van der Waals surface area (Å²) < 4.78 is 2.95. The second-order valence-electron chi connectivity index (χ2n) is 7.94. The first-order chi connectivity index (χ1) is 15.5. The van der Waals surface area contributed by atoms with Crippen LogP contribution in [0.25, 0.3) is 21.3 Å². The molecule has 0 saturated carbocycles. The predicted molar refractivity (Wildman–Crippen MR) is 128 cm³/mol. The van der Waals surface area contributed by atoms with Crippen molar-refractivity contribution in [3.8, 4) is 0 Å². The number of thiazole rings is 1. The number of nitrogens with zero attached hydrogens (tertiary/aromatic N) is 4. The number of hydrogen-bond donors (Lipinski definition) is 3. The van der Waals surface area contributed by atoms with E-state index in [-0.39, 0.29) is 18.6 Å². The molecule has 0 unspecified atom stereocenters. The summed E-state index contributed by atoms with van der Waals surface area (Å²) in [7, 11) is 1.93. The van der Waals surface area contributed by atoms with Crippen molar-refractivity contribution in [1.29, 1.82) is 0 Å². The third-order valence-corrected chi connectivity index (χ3v) is 6.90. The Morgan fingerprint density at radius 1 is 1.25 bits per heavy atom. The van der Waals surface area contributed by atoms with Gasteiger partial charge in [0.2, 0.25) is 5.95 Å². The van der Waals surface area contributed by atoms with E-state index >= 15 is 0 Å². The summed E-state index contributed by atoms with van der Waals surface area (Å²) in [6.07, 6.45) is 0.888. The zero-order valence-electron chi connectivity index (χ0n) is 17.5. The topological polar surface area (TPSA) is 95.3 Å². The van der Waals surface area contributed by atoms with Crippen molar-refractivity contribution in [1.82, 2.24) is 24.8 Å². The first-order valence-electron chi connectivity index (χ1n) is 10.4. The van der Waals surface area contributed by atoms with Gasteiger partial charge in [-0.3, -0.25) is 9.69 Å². The smallest absolute Gasteiger partial charge is 0.251 e. The molecule has 0 aliphatic carbocycles. The summed E-state index contributed by atoms with van der Waals surface area (Å²) >= 11 is 7.59. The van der Waals surface area contributed by atoms with Crippen LogP contribution in [-0.2, 0) is 7.05 Å². The van der Waals surface area contributed by atoms with Crippen LogP contribution in [0.4, 0.5) is 11.1 Å². The van der Waals surface area contributed by atoms with Crippen LogP contribution >= 0.6 is 22.9 Å². The van der Waals surface area contributed by atoms with Crippen LogP contribution in [0.1, 0.15) is 16.8 Å². The van der Waals surface area contributed by atoms with Gasteiger partial charge in [0.05, 0.1) is 27.9 Å². The van der Waals surface area contributed by atoms with Gasteiger partial charge in [-0.05, 0) is 42.8 Å². The molecule has 1 aliphatic rings. The van der Waals surface area contributed by atoms with Crippen molar-refractivity contribution in [2.75, 3.05) is 31.6 Å². The second-order valence-corrected chi connectivity index (χ2v) is 9.40. The van der Waals surface area contributed by atoms with E-state index in [0.717, 1.165) is 45.9 Å². The summed E-state index contributed by atoms with van der Waals surface area (Å²) in [4.78, 5) is 24.2. The number of carbonyl (C=O) groups excluding carboxylic acids is 1. The van der Waals surface area contributed by atoms with Crippen molar-refractivity contribution in [2.24, 2.45) is 7.05 Å². The molecule has 5 rings (SSSR count). The highest BCUT2D eigenvalue weighted by Crippen LogP contribution is 2.31. The Morgan fingerprint density at radius 2 is 2.12 bits per heavy atom. The zero-order valence-corrected chi connectivity index (χ0v) is 19.1. The van der Waals surface area contributed by atoms with Crippen molar-refractivity contribution in [2.45, 2.75) is 12.5 Å². The highest BCUT2D eigenvalue weighted by Gasteiger charge is 2.24. The van der Waals surface area contributed by atoms with Crippen LogP contribution in [0.2, 0.25) is 5.02 Å². The second kappa shape index (κ2) is 8.67. The van der Waals surface area contributed by atoms with Crippen molar-refractivity contribution < 1.29 is 9.90 Å². The maximum Gasteiger partial charge on any atom is 0.251 e. The summed E-state index contributed by atoms with van der Waals surface area (Å²) in [6, 6.07) is 11.3. The average Bonchev–Trinajstić information content (AvgIpc) is 3.46. The van der Waals surface area contributed by atoms with Crippen molar-refractivity contribution >= 4 is 61.2 Å². The number of fused-ring (bicyclic) bond motifs is 2. The van der Waals surface area contributed by atoms with E-state index < -0.39 is 0 Å². The summed E-state index contributed by atoms with van der Waals surface area (Å²) in [5.41, 5.74) is 3.12. The monoisotopic (exact) mass is 470 g/mol. The fourth-order valence-corrected chi connectivity index (χ4v) is 5.20. The lowest BCUT2D eigenvalue weighted by atomic mass is 10.1. The molecule has 1 fully saturated rings. The van der Waals surface area contributed by atoms with Crippen LogP contribution in [-0.4, -0.2) is 62.7 Å². The zero-order chi connectivity index (χ0) is 22.2. The van der Waals surface area contributed by atoms with E-state index in [2.05, 4.69) is 25.5 Å². The van der Waals surface area contributed by atoms with Crippen LogP contribution in [0.5, 0.6) is 0 Å². The quantitative estimate of drug-likeness (QED) is 0.400. The Hall–Kier alpha value is -2.72. The van der Waals surface area contributed by atoms with Gasteiger partial charge in [-0.15, -0.1) is 0 Å². The minimum atomic E-state index is -0.106. The van der Waals surface area contributed by atoms with Crippen LogP contribution in [0.3, 0.4) is 0 Å². The van der Waals surface area contributed by atoms with Crippen molar-refractivity contribution in [3.63, 3.8) is 0 Å². The standard InChI is InChI=1S/C22H23ClN6O2S/c1-28-18-5-2-13(20(31)24-15-6-7-29(12-15)8-9-30)10-17(18)25-21(28)27-22-26-16-4-3-14(23)11-19(16)32-22/h2-5,10-11,15,30H,6-9,12H2,1H3,(H,24,31)(H,25,26,27)/t15-/m1/s1. The molecule has 166 valence electrons. The molecule has 3 heterocycles.